The third-order valence-corrected chi connectivity index (χ3v) is 3.26. The van der Waals surface area contributed by atoms with Crippen LogP contribution in [0.3, 0.4) is 0 Å². The number of hydrogen-bond acceptors (Lipinski definition) is 5. The van der Waals surface area contributed by atoms with Gasteiger partial charge in [0.2, 0.25) is 6.79 Å². The van der Waals surface area contributed by atoms with Crippen LogP contribution in [0.2, 0.25) is 0 Å². The lowest BCUT2D eigenvalue weighted by atomic mass is 10.2. The fourth-order valence-corrected chi connectivity index (χ4v) is 2.01. The first-order valence-corrected chi connectivity index (χ1v) is 6.81. The van der Waals surface area contributed by atoms with E-state index in [-0.39, 0.29) is 12.6 Å². The predicted molar refractivity (Wildman–Crippen MR) is 80.2 cm³/mol. The monoisotopic (exact) mass is 315 g/mol. The Kier molecular flexibility index (Phi) is 4.01. The van der Waals surface area contributed by atoms with E-state index in [2.05, 4.69) is 5.16 Å². The van der Waals surface area contributed by atoms with Crippen molar-refractivity contribution in [3.8, 4) is 17.2 Å². The van der Waals surface area contributed by atoms with Crippen molar-refractivity contribution < 1.29 is 29.0 Å². The number of hydrogen-bond donors (Lipinski definition) is 2. The first kappa shape index (κ1) is 14.7. The minimum absolute atomic E-state index is 0.143. The van der Waals surface area contributed by atoms with Crippen LogP contribution >= 0.6 is 0 Å². The lowest BCUT2D eigenvalue weighted by Gasteiger charge is -2.01. The van der Waals surface area contributed by atoms with Gasteiger partial charge in [-0.3, -0.25) is 10.6 Å². The molecule has 3 N–H and O–H groups in total. The topological polar surface area (TPSA) is 94.0 Å². The number of rotatable bonds is 4. The molecule has 0 saturated heterocycles. The Morgan fingerprint density at radius 1 is 1.09 bits per heavy atom. The van der Waals surface area contributed by atoms with Crippen LogP contribution in [0.25, 0.3) is 0 Å². The van der Waals surface area contributed by atoms with Crippen molar-refractivity contribution in [2.75, 3.05) is 13.9 Å². The Labute approximate surface area is 132 Å². The molecule has 0 aliphatic carbocycles. The van der Waals surface area contributed by atoms with E-state index < -0.39 is 5.97 Å². The van der Waals surface area contributed by atoms with Gasteiger partial charge in [0.25, 0.3) is 0 Å². The molecule has 0 radical (unpaired) electrons. The highest BCUT2D eigenvalue weighted by Gasteiger charge is 2.18. The third kappa shape index (κ3) is 3.18. The Morgan fingerprint density at radius 3 is 2.52 bits per heavy atom. The molecule has 3 rings (SSSR count). The van der Waals surface area contributed by atoms with Crippen LogP contribution in [0.1, 0.15) is 15.9 Å². The number of carbonyl (C=O) groups is 1. The van der Waals surface area contributed by atoms with E-state index in [1.54, 1.807) is 49.6 Å². The van der Waals surface area contributed by atoms with Crippen LogP contribution in [0.4, 0.5) is 0 Å². The standard InChI is InChI=1S/C16H14N2O5/c1-20-12-5-2-10(3-6-12)15(17)18-23-16(19)11-4-7-13-14(8-11)22-9-21-13/h2-8H,9H2,1H3,(H2,17,18)/p+1. The fraction of sp³-hybridized carbons (Fsp3) is 0.125. The van der Waals surface area contributed by atoms with Gasteiger partial charge in [-0.15, -0.1) is 0 Å². The average Bonchev–Trinajstić information content (AvgIpc) is 3.07. The lowest BCUT2D eigenvalue weighted by Crippen LogP contribution is -2.75. The molecule has 7 heteroatoms. The zero-order valence-electron chi connectivity index (χ0n) is 12.4. The molecule has 0 bridgehead atoms. The number of nitrogen functional groups attached to an aromatic ring is 1. The fourth-order valence-electron chi connectivity index (χ4n) is 2.01. The number of nitrogens with one attached hydrogen (secondary N) is 1. The first-order valence-electron chi connectivity index (χ1n) is 6.81. The van der Waals surface area contributed by atoms with Crippen LogP contribution in [0, 0.1) is 0 Å². The Morgan fingerprint density at radius 2 is 1.78 bits per heavy atom. The SMILES string of the molecule is COc1ccc(C(N)=[NH+]OC(=O)c2ccc3c(c2)OCO3)cc1. The van der Waals surface area contributed by atoms with Crippen molar-refractivity contribution in [1.29, 1.82) is 0 Å². The Hall–Kier alpha value is -3.22. The maximum atomic E-state index is 12.0. The van der Waals surface area contributed by atoms with E-state index >= 15 is 0 Å². The minimum Gasteiger partial charge on any atom is -0.497 e. The Bertz CT molecular complexity index is 756. The number of ether oxygens (including phenoxy) is 3. The molecule has 23 heavy (non-hydrogen) atoms. The molecule has 0 aromatic heterocycles. The van der Waals surface area contributed by atoms with E-state index in [0.717, 1.165) is 0 Å². The molecule has 1 aliphatic heterocycles. The summed E-state index contributed by atoms with van der Waals surface area (Å²) in [5.41, 5.74) is 6.84. The summed E-state index contributed by atoms with van der Waals surface area (Å²) in [6.07, 6.45) is 0. The van der Waals surface area contributed by atoms with Crippen molar-refractivity contribution in [3.05, 3.63) is 53.6 Å². The summed E-state index contributed by atoms with van der Waals surface area (Å²) in [5.74, 6) is 1.44. The summed E-state index contributed by atoms with van der Waals surface area (Å²) in [6, 6.07) is 11.8. The van der Waals surface area contributed by atoms with Gasteiger partial charge in [-0.2, -0.15) is 0 Å². The zero-order valence-corrected chi connectivity index (χ0v) is 12.4. The largest absolute Gasteiger partial charge is 0.497 e. The molecule has 0 unspecified atom stereocenters. The van der Waals surface area contributed by atoms with Crippen LogP contribution in [0.15, 0.2) is 42.5 Å². The van der Waals surface area contributed by atoms with Crippen molar-refractivity contribution in [2.24, 2.45) is 5.73 Å². The molecule has 1 aliphatic rings. The summed E-state index contributed by atoms with van der Waals surface area (Å²) >= 11 is 0. The average molecular weight is 315 g/mol. The summed E-state index contributed by atoms with van der Waals surface area (Å²) in [7, 11) is 1.58. The van der Waals surface area contributed by atoms with Gasteiger partial charge in [0.1, 0.15) is 5.75 Å². The van der Waals surface area contributed by atoms with Gasteiger partial charge in [0.15, 0.2) is 11.5 Å². The van der Waals surface area contributed by atoms with Crippen LogP contribution < -0.4 is 25.1 Å². The third-order valence-electron chi connectivity index (χ3n) is 3.26. The summed E-state index contributed by atoms with van der Waals surface area (Å²) < 4.78 is 15.5. The molecule has 0 spiro atoms. The molecule has 0 amide bonds. The zero-order chi connectivity index (χ0) is 16.2. The lowest BCUT2D eigenvalue weighted by molar-refractivity contribution is -0.721. The van der Waals surface area contributed by atoms with Crippen molar-refractivity contribution >= 4 is 11.8 Å². The summed E-state index contributed by atoms with van der Waals surface area (Å²) in [4.78, 5) is 17.0. The van der Waals surface area contributed by atoms with Crippen molar-refractivity contribution in [3.63, 3.8) is 0 Å². The maximum absolute atomic E-state index is 12.0. The second-order valence-electron chi connectivity index (χ2n) is 4.70. The molecule has 0 atom stereocenters. The highest BCUT2D eigenvalue weighted by atomic mass is 16.7. The quantitative estimate of drug-likeness (QED) is 0.356. The predicted octanol–water partition coefficient (Wildman–Crippen LogP) is -0.0182. The molecule has 7 nitrogen and oxygen atoms in total. The number of fused-ring (bicyclic) bond motifs is 1. The molecule has 0 fully saturated rings. The van der Waals surface area contributed by atoms with Gasteiger partial charge in [-0.25, -0.2) is 4.79 Å². The normalized spacial score (nSPS) is 12.8. The van der Waals surface area contributed by atoms with E-state index in [1.807, 2.05) is 0 Å². The smallest absolute Gasteiger partial charge is 0.388 e. The second-order valence-corrected chi connectivity index (χ2v) is 4.70. The van der Waals surface area contributed by atoms with Gasteiger partial charge in [-0.1, -0.05) is 5.16 Å². The molecular formula is C16H15N2O5+. The second kappa shape index (κ2) is 6.27. The first-order chi connectivity index (χ1) is 11.2. The number of benzene rings is 2. The number of amidine groups is 1. The van der Waals surface area contributed by atoms with Crippen LogP contribution in [0.5, 0.6) is 17.2 Å². The Balaban J connectivity index is 1.69. The van der Waals surface area contributed by atoms with Gasteiger partial charge in [0, 0.05) is 0 Å². The molecule has 2 aromatic rings. The van der Waals surface area contributed by atoms with E-state index in [4.69, 9.17) is 24.8 Å². The van der Waals surface area contributed by atoms with Crippen molar-refractivity contribution in [2.45, 2.75) is 0 Å². The summed E-state index contributed by atoms with van der Waals surface area (Å²) in [6.45, 7) is 0.143. The van der Waals surface area contributed by atoms with Crippen LogP contribution in [-0.2, 0) is 4.84 Å². The van der Waals surface area contributed by atoms with E-state index in [0.29, 0.717) is 28.4 Å². The molecule has 0 saturated carbocycles. The van der Waals surface area contributed by atoms with Gasteiger partial charge in [-0.05, 0) is 42.5 Å². The molecular weight excluding hydrogens is 300 g/mol. The molecule has 2 aromatic carbocycles. The minimum atomic E-state index is -0.584. The van der Waals surface area contributed by atoms with Crippen LogP contribution in [-0.4, -0.2) is 25.7 Å². The molecule has 118 valence electrons. The highest BCUT2D eigenvalue weighted by molar-refractivity contribution is 5.93. The van der Waals surface area contributed by atoms with Gasteiger partial charge in [0.05, 0.1) is 18.2 Å². The number of carbonyl (C=O) groups excluding carboxylic acids is 1. The number of methoxy groups -OCH3 is 1. The van der Waals surface area contributed by atoms with Gasteiger partial charge >= 0.3 is 11.8 Å². The summed E-state index contributed by atoms with van der Waals surface area (Å²) in [5, 5.41) is 2.43. The van der Waals surface area contributed by atoms with Gasteiger partial charge < -0.3 is 14.2 Å². The molecule has 1 heterocycles. The van der Waals surface area contributed by atoms with E-state index in [9.17, 15) is 4.79 Å². The maximum Gasteiger partial charge on any atom is 0.388 e. The van der Waals surface area contributed by atoms with Crippen molar-refractivity contribution in [1.82, 2.24) is 0 Å². The highest BCUT2D eigenvalue weighted by Crippen LogP contribution is 2.32. The number of nitrogens with two attached hydrogens (primary N) is 1. The van der Waals surface area contributed by atoms with E-state index in [1.165, 1.54) is 0 Å².